The normalized spacial score (nSPS) is 12.6. The van der Waals surface area contributed by atoms with E-state index in [4.69, 9.17) is 14.2 Å². The molecule has 0 rings (SSSR count). The predicted molar refractivity (Wildman–Crippen MR) is 284 cm³/mol. The SMILES string of the molecule is CC/C=C\C/C=C\C/C=C\C/C=C\CCCCCCC(=O)OC(COC(=O)CCCCCCC/C=C\CCCCC)COC(=O)CCCCCCCCCCC/C=C\CCCCCCCC. The van der Waals surface area contributed by atoms with E-state index in [0.717, 1.165) is 103 Å². The second kappa shape index (κ2) is 54.5. The number of hydrogen-bond acceptors (Lipinski definition) is 6. The summed E-state index contributed by atoms with van der Waals surface area (Å²) in [6, 6.07) is 0. The number of unbranched alkanes of at least 4 members (excludes halogenated alkanes) is 27. The van der Waals surface area contributed by atoms with Crippen LogP contribution in [0.2, 0.25) is 0 Å². The van der Waals surface area contributed by atoms with E-state index in [9.17, 15) is 14.4 Å². The Bertz CT molecular complexity index is 1240. The van der Waals surface area contributed by atoms with Gasteiger partial charge in [-0.05, 0) is 109 Å². The molecular weight excluding hydrogens is 817 g/mol. The Morgan fingerprint density at radius 2 is 0.591 bits per heavy atom. The van der Waals surface area contributed by atoms with Crippen molar-refractivity contribution < 1.29 is 28.6 Å². The van der Waals surface area contributed by atoms with Gasteiger partial charge in [0.15, 0.2) is 6.10 Å². The molecule has 1 atom stereocenters. The molecule has 0 amide bonds. The highest BCUT2D eigenvalue weighted by Crippen LogP contribution is 2.15. The van der Waals surface area contributed by atoms with Gasteiger partial charge in [0.05, 0.1) is 0 Å². The van der Waals surface area contributed by atoms with E-state index in [2.05, 4.69) is 93.7 Å². The van der Waals surface area contributed by atoms with Gasteiger partial charge in [0.2, 0.25) is 0 Å². The Morgan fingerprint density at radius 1 is 0.318 bits per heavy atom. The minimum absolute atomic E-state index is 0.0886. The Labute approximate surface area is 408 Å². The van der Waals surface area contributed by atoms with E-state index < -0.39 is 6.10 Å². The highest BCUT2D eigenvalue weighted by atomic mass is 16.6. The minimum atomic E-state index is -0.792. The Kier molecular flexibility index (Phi) is 51.9. The first-order chi connectivity index (χ1) is 32.5. The third-order valence-electron chi connectivity index (χ3n) is 11.9. The van der Waals surface area contributed by atoms with E-state index in [1.54, 1.807) is 0 Å². The van der Waals surface area contributed by atoms with Gasteiger partial charge in [-0.2, -0.15) is 0 Å². The second-order valence-corrected chi connectivity index (χ2v) is 18.5. The lowest BCUT2D eigenvalue weighted by Crippen LogP contribution is -2.30. The number of ether oxygens (including phenoxy) is 3. The number of rotatable bonds is 50. The first-order valence-corrected chi connectivity index (χ1v) is 27.9. The number of carbonyl (C=O) groups excluding carboxylic acids is 3. The van der Waals surface area contributed by atoms with Crippen LogP contribution in [-0.2, 0) is 28.6 Å². The van der Waals surface area contributed by atoms with Crippen molar-refractivity contribution in [3.63, 3.8) is 0 Å². The van der Waals surface area contributed by atoms with Crippen molar-refractivity contribution in [2.75, 3.05) is 13.2 Å². The Balaban J connectivity index is 4.39. The standard InChI is InChI=1S/C60H104O6/c1-4-7-10-13-16-19-22-25-27-29-30-32-33-35-38-41-44-47-50-53-59(62)65-56-57(55-64-58(61)52-49-46-43-40-37-24-21-18-15-12-9-6-3)66-60(63)54-51-48-45-42-39-36-34-31-28-26-23-20-17-14-11-8-5-2/h8,11,17-18,20-21,25-28,34,36,57H,4-7,9-10,12-16,19,22-24,29-33,35,37-56H2,1-3H3/b11-8-,20-17-,21-18-,27-25-,28-26-,36-34-. The van der Waals surface area contributed by atoms with Crippen LogP contribution in [-0.4, -0.2) is 37.2 Å². The van der Waals surface area contributed by atoms with Crippen LogP contribution in [0.15, 0.2) is 72.9 Å². The largest absolute Gasteiger partial charge is 0.462 e. The highest BCUT2D eigenvalue weighted by molar-refractivity contribution is 5.71. The summed E-state index contributed by atoms with van der Waals surface area (Å²) in [7, 11) is 0. The summed E-state index contributed by atoms with van der Waals surface area (Å²) in [6.07, 6.45) is 68.9. The summed E-state index contributed by atoms with van der Waals surface area (Å²) in [4.78, 5) is 38.1. The van der Waals surface area contributed by atoms with Gasteiger partial charge in [-0.3, -0.25) is 14.4 Å². The van der Waals surface area contributed by atoms with E-state index >= 15 is 0 Å². The zero-order valence-corrected chi connectivity index (χ0v) is 43.4. The molecule has 0 aliphatic rings. The van der Waals surface area contributed by atoms with Crippen molar-refractivity contribution in [1.82, 2.24) is 0 Å². The summed E-state index contributed by atoms with van der Waals surface area (Å²) in [5.74, 6) is -0.919. The molecule has 0 bridgehead atoms. The molecule has 0 aliphatic carbocycles. The van der Waals surface area contributed by atoms with Crippen LogP contribution in [0.3, 0.4) is 0 Å². The zero-order valence-electron chi connectivity index (χ0n) is 43.4. The average molecular weight is 921 g/mol. The number of esters is 3. The maximum Gasteiger partial charge on any atom is 0.306 e. The number of carbonyl (C=O) groups is 3. The second-order valence-electron chi connectivity index (χ2n) is 18.5. The van der Waals surface area contributed by atoms with E-state index in [0.29, 0.717) is 19.3 Å². The quantitative estimate of drug-likeness (QED) is 0.0262. The summed E-state index contributed by atoms with van der Waals surface area (Å²) >= 11 is 0. The number of allylic oxidation sites excluding steroid dienone is 12. The molecule has 0 saturated heterocycles. The predicted octanol–water partition coefficient (Wildman–Crippen LogP) is 18.6. The van der Waals surface area contributed by atoms with Gasteiger partial charge in [0, 0.05) is 19.3 Å². The van der Waals surface area contributed by atoms with Gasteiger partial charge >= 0.3 is 17.9 Å². The van der Waals surface area contributed by atoms with Crippen LogP contribution in [0.5, 0.6) is 0 Å². The van der Waals surface area contributed by atoms with Gasteiger partial charge < -0.3 is 14.2 Å². The molecule has 380 valence electrons. The van der Waals surface area contributed by atoms with Crippen molar-refractivity contribution in [1.29, 1.82) is 0 Å². The molecule has 0 aromatic rings. The fourth-order valence-corrected chi connectivity index (χ4v) is 7.72. The summed E-state index contributed by atoms with van der Waals surface area (Å²) < 4.78 is 16.8. The zero-order chi connectivity index (χ0) is 47.9. The lowest BCUT2D eigenvalue weighted by Gasteiger charge is -2.18. The molecule has 1 unspecified atom stereocenters. The smallest absolute Gasteiger partial charge is 0.306 e. The molecule has 0 aliphatic heterocycles. The van der Waals surface area contributed by atoms with Gasteiger partial charge in [0.25, 0.3) is 0 Å². The third kappa shape index (κ3) is 51.8. The maximum atomic E-state index is 12.8. The fraction of sp³-hybridized carbons (Fsp3) is 0.750. The van der Waals surface area contributed by atoms with Gasteiger partial charge in [-0.25, -0.2) is 0 Å². The molecule has 0 fully saturated rings. The molecule has 0 radical (unpaired) electrons. The van der Waals surface area contributed by atoms with Gasteiger partial charge in [0.1, 0.15) is 13.2 Å². The monoisotopic (exact) mass is 921 g/mol. The van der Waals surface area contributed by atoms with E-state index in [-0.39, 0.29) is 31.1 Å². The number of hydrogen-bond donors (Lipinski definition) is 0. The van der Waals surface area contributed by atoms with Crippen LogP contribution >= 0.6 is 0 Å². The topological polar surface area (TPSA) is 78.9 Å². The van der Waals surface area contributed by atoms with Crippen molar-refractivity contribution >= 4 is 17.9 Å². The van der Waals surface area contributed by atoms with Crippen LogP contribution in [0.4, 0.5) is 0 Å². The summed E-state index contributed by atoms with van der Waals surface area (Å²) in [5, 5.41) is 0. The van der Waals surface area contributed by atoms with Crippen LogP contribution in [0.1, 0.15) is 271 Å². The van der Waals surface area contributed by atoms with Crippen LogP contribution in [0.25, 0.3) is 0 Å². The molecule has 66 heavy (non-hydrogen) atoms. The third-order valence-corrected chi connectivity index (χ3v) is 11.9. The average Bonchev–Trinajstić information content (AvgIpc) is 3.31. The first-order valence-electron chi connectivity index (χ1n) is 27.9. The van der Waals surface area contributed by atoms with Crippen molar-refractivity contribution in [3.8, 4) is 0 Å². The van der Waals surface area contributed by atoms with E-state index in [1.807, 2.05) is 0 Å². The van der Waals surface area contributed by atoms with Crippen LogP contribution < -0.4 is 0 Å². The maximum absolute atomic E-state index is 12.8. The van der Waals surface area contributed by atoms with Crippen molar-refractivity contribution in [3.05, 3.63) is 72.9 Å². The Morgan fingerprint density at radius 3 is 0.970 bits per heavy atom. The molecule has 6 heteroatoms. The van der Waals surface area contributed by atoms with Gasteiger partial charge in [-0.1, -0.05) is 216 Å². The molecule has 0 N–H and O–H groups in total. The molecular formula is C60H104O6. The molecule has 6 nitrogen and oxygen atoms in total. The molecule has 0 saturated carbocycles. The van der Waals surface area contributed by atoms with Crippen LogP contribution in [0, 0.1) is 0 Å². The van der Waals surface area contributed by atoms with Gasteiger partial charge in [-0.15, -0.1) is 0 Å². The summed E-state index contributed by atoms with van der Waals surface area (Å²) in [6.45, 7) is 6.48. The van der Waals surface area contributed by atoms with E-state index in [1.165, 1.54) is 128 Å². The molecule has 0 spiro atoms. The highest BCUT2D eigenvalue weighted by Gasteiger charge is 2.19. The summed E-state index contributed by atoms with van der Waals surface area (Å²) in [5.41, 5.74) is 0. The van der Waals surface area contributed by atoms with Crippen molar-refractivity contribution in [2.24, 2.45) is 0 Å². The molecule has 0 heterocycles. The lowest BCUT2D eigenvalue weighted by molar-refractivity contribution is -0.167. The molecule has 0 aromatic carbocycles. The minimum Gasteiger partial charge on any atom is -0.462 e. The fourth-order valence-electron chi connectivity index (χ4n) is 7.72. The first kappa shape index (κ1) is 62.8. The molecule has 0 aromatic heterocycles. The Hall–Kier alpha value is -3.15. The lowest BCUT2D eigenvalue weighted by atomic mass is 10.1. The van der Waals surface area contributed by atoms with Crippen molar-refractivity contribution in [2.45, 2.75) is 277 Å².